The second kappa shape index (κ2) is 4.65. The quantitative estimate of drug-likeness (QED) is 0.538. The predicted molar refractivity (Wildman–Crippen MR) is 59.7 cm³/mol. The maximum atomic E-state index is 11.8. The van der Waals surface area contributed by atoms with E-state index in [4.69, 9.17) is 0 Å². The number of nitrogens with zero attached hydrogens (tertiary/aromatic N) is 3. The minimum absolute atomic E-state index is 0.119. The van der Waals surface area contributed by atoms with E-state index in [0.29, 0.717) is 5.82 Å². The summed E-state index contributed by atoms with van der Waals surface area (Å²) in [6.07, 6.45) is 1.33. The molecule has 0 aromatic carbocycles. The van der Waals surface area contributed by atoms with Crippen LogP contribution in [-0.2, 0) is 0 Å². The normalized spacial score (nSPS) is 12.1. The molecule has 0 bridgehead atoms. The maximum absolute atomic E-state index is 11.8. The van der Waals surface area contributed by atoms with Crippen LogP contribution in [0.3, 0.4) is 0 Å². The second-order valence-corrected chi connectivity index (χ2v) is 3.58. The van der Waals surface area contributed by atoms with E-state index >= 15 is 0 Å². The Bertz CT molecular complexity index is 561. The number of aromatic amines is 2. The van der Waals surface area contributed by atoms with Gasteiger partial charge in [0.2, 0.25) is 0 Å². The standard InChI is InChI=1S/C9H10N6O3/c1-5(8-10-4-11-14-8)12-9(16)6-2-3-7(13-6)15(17)18/h2-5,13H,1H3,(H,12,16)(H,10,11,14). The molecule has 0 fully saturated rings. The van der Waals surface area contributed by atoms with Gasteiger partial charge in [-0.3, -0.25) is 9.89 Å². The Morgan fingerprint density at radius 2 is 2.33 bits per heavy atom. The van der Waals surface area contributed by atoms with Crippen molar-refractivity contribution in [2.45, 2.75) is 13.0 Å². The fourth-order valence-corrected chi connectivity index (χ4v) is 1.39. The molecule has 18 heavy (non-hydrogen) atoms. The third-order valence-electron chi connectivity index (χ3n) is 2.30. The molecule has 1 amide bonds. The number of H-pyrrole nitrogens is 2. The first-order valence-corrected chi connectivity index (χ1v) is 5.07. The number of rotatable bonds is 4. The number of nitrogens with one attached hydrogen (secondary N) is 3. The van der Waals surface area contributed by atoms with Gasteiger partial charge in [0.15, 0.2) is 5.69 Å². The van der Waals surface area contributed by atoms with Crippen LogP contribution in [0.2, 0.25) is 0 Å². The summed E-state index contributed by atoms with van der Waals surface area (Å²) in [6, 6.07) is 2.21. The highest BCUT2D eigenvalue weighted by Gasteiger charge is 2.18. The Labute approximate surface area is 101 Å². The van der Waals surface area contributed by atoms with Gasteiger partial charge in [-0.05, 0) is 17.9 Å². The molecule has 2 rings (SSSR count). The molecule has 1 atom stereocenters. The molecule has 0 saturated carbocycles. The average molecular weight is 250 g/mol. The van der Waals surface area contributed by atoms with Crippen LogP contribution in [0.15, 0.2) is 18.5 Å². The van der Waals surface area contributed by atoms with Crippen LogP contribution in [0.25, 0.3) is 0 Å². The van der Waals surface area contributed by atoms with Crippen molar-refractivity contribution in [1.29, 1.82) is 0 Å². The van der Waals surface area contributed by atoms with E-state index in [0.717, 1.165) is 0 Å². The number of hydrogen-bond donors (Lipinski definition) is 3. The van der Waals surface area contributed by atoms with E-state index in [-0.39, 0.29) is 17.6 Å². The average Bonchev–Trinajstić information content (AvgIpc) is 3.00. The van der Waals surface area contributed by atoms with E-state index < -0.39 is 10.8 Å². The van der Waals surface area contributed by atoms with Gasteiger partial charge in [0.1, 0.15) is 12.2 Å². The van der Waals surface area contributed by atoms with Crippen molar-refractivity contribution < 1.29 is 9.72 Å². The summed E-state index contributed by atoms with van der Waals surface area (Å²) in [4.78, 5) is 27.9. The van der Waals surface area contributed by atoms with E-state index in [2.05, 4.69) is 25.5 Å². The number of amides is 1. The van der Waals surface area contributed by atoms with Gasteiger partial charge in [-0.1, -0.05) is 0 Å². The number of carbonyl (C=O) groups is 1. The molecule has 0 aliphatic rings. The van der Waals surface area contributed by atoms with E-state index in [9.17, 15) is 14.9 Å². The molecule has 3 N–H and O–H groups in total. The first kappa shape index (κ1) is 11.8. The van der Waals surface area contributed by atoms with Crippen molar-refractivity contribution in [1.82, 2.24) is 25.5 Å². The summed E-state index contributed by atoms with van der Waals surface area (Å²) < 4.78 is 0. The Balaban J connectivity index is 2.05. The lowest BCUT2D eigenvalue weighted by atomic mass is 10.3. The van der Waals surface area contributed by atoms with Crippen molar-refractivity contribution in [3.05, 3.63) is 40.1 Å². The minimum atomic E-state index is -0.601. The monoisotopic (exact) mass is 250 g/mol. The van der Waals surface area contributed by atoms with E-state index in [1.807, 2.05) is 0 Å². The highest BCUT2D eigenvalue weighted by molar-refractivity contribution is 5.93. The van der Waals surface area contributed by atoms with Crippen molar-refractivity contribution in [3.63, 3.8) is 0 Å². The lowest BCUT2D eigenvalue weighted by Crippen LogP contribution is -2.27. The molecular formula is C9H10N6O3. The number of hydrogen-bond acceptors (Lipinski definition) is 5. The highest BCUT2D eigenvalue weighted by atomic mass is 16.6. The lowest BCUT2D eigenvalue weighted by Gasteiger charge is -2.08. The molecule has 2 aromatic heterocycles. The van der Waals surface area contributed by atoms with Gasteiger partial charge in [0.25, 0.3) is 5.91 Å². The molecule has 0 spiro atoms. The summed E-state index contributed by atoms with van der Waals surface area (Å²) in [5, 5.41) is 19.4. The number of carbonyl (C=O) groups excluding carboxylic acids is 1. The van der Waals surface area contributed by atoms with Gasteiger partial charge in [-0.15, -0.1) is 0 Å². The first-order chi connectivity index (χ1) is 8.58. The van der Waals surface area contributed by atoms with Crippen molar-refractivity contribution in [2.24, 2.45) is 0 Å². The number of aromatic nitrogens is 4. The summed E-state index contributed by atoms with van der Waals surface area (Å²) >= 11 is 0. The zero-order chi connectivity index (χ0) is 13.1. The molecule has 94 valence electrons. The molecule has 0 aliphatic heterocycles. The lowest BCUT2D eigenvalue weighted by molar-refractivity contribution is -0.389. The van der Waals surface area contributed by atoms with Crippen LogP contribution in [0.5, 0.6) is 0 Å². The van der Waals surface area contributed by atoms with E-state index in [1.165, 1.54) is 18.5 Å². The van der Waals surface area contributed by atoms with Crippen LogP contribution in [0, 0.1) is 10.1 Å². The van der Waals surface area contributed by atoms with Crippen molar-refractivity contribution in [2.75, 3.05) is 0 Å². The summed E-state index contributed by atoms with van der Waals surface area (Å²) in [5.41, 5.74) is 0.119. The summed E-state index contributed by atoms with van der Waals surface area (Å²) in [5.74, 6) is -0.177. The van der Waals surface area contributed by atoms with Crippen LogP contribution in [-0.4, -0.2) is 31.0 Å². The fraction of sp³-hybridized carbons (Fsp3) is 0.222. The Kier molecular flexibility index (Phi) is 3.04. The minimum Gasteiger partial charge on any atom is -0.358 e. The van der Waals surface area contributed by atoms with Gasteiger partial charge in [-0.2, -0.15) is 5.10 Å². The van der Waals surface area contributed by atoms with Crippen molar-refractivity contribution in [3.8, 4) is 0 Å². The molecule has 9 heteroatoms. The van der Waals surface area contributed by atoms with Crippen LogP contribution < -0.4 is 5.32 Å². The highest BCUT2D eigenvalue weighted by Crippen LogP contribution is 2.11. The molecule has 2 aromatic rings. The fourth-order valence-electron chi connectivity index (χ4n) is 1.39. The van der Waals surface area contributed by atoms with Crippen molar-refractivity contribution >= 4 is 11.7 Å². The van der Waals surface area contributed by atoms with Gasteiger partial charge < -0.3 is 15.4 Å². The zero-order valence-corrected chi connectivity index (χ0v) is 9.38. The third-order valence-corrected chi connectivity index (χ3v) is 2.30. The van der Waals surface area contributed by atoms with Gasteiger partial charge >= 0.3 is 5.82 Å². The zero-order valence-electron chi connectivity index (χ0n) is 9.38. The Hall–Kier alpha value is -2.71. The number of nitro groups is 1. The van der Waals surface area contributed by atoms with Crippen LogP contribution in [0.1, 0.15) is 29.3 Å². The molecular weight excluding hydrogens is 240 g/mol. The predicted octanol–water partition coefficient (Wildman–Crippen LogP) is 0.532. The SMILES string of the molecule is CC(NC(=O)c1ccc([N+](=O)[O-])[nH]1)c1ncn[nH]1. The maximum Gasteiger partial charge on any atom is 0.321 e. The molecule has 9 nitrogen and oxygen atoms in total. The van der Waals surface area contributed by atoms with Crippen LogP contribution in [0.4, 0.5) is 5.82 Å². The topological polar surface area (TPSA) is 130 Å². The van der Waals surface area contributed by atoms with Gasteiger partial charge in [0.05, 0.1) is 6.04 Å². The third kappa shape index (κ3) is 2.34. The first-order valence-electron chi connectivity index (χ1n) is 5.07. The largest absolute Gasteiger partial charge is 0.358 e. The molecule has 1 unspecified atom stereocenters. The Morgan fingerprint density at radius 3 is 2.89 bits per heavy atom. The second-order valence-electron chi connectivity index (χ2n) is 3.58. The molecule has 0 radical (unpaired) electrons. The molecule has 0 aliphatic carbocycles. The summed E-state index contributed by atoms with van der Waals surface area (Å²) in [6.45, 7) is 1.72. The Morgan fingerprint density at radius 1 is 1.56 bits per heavy atom. The molecule has 0 saturated heterocycles. The van der Waals surface area contributed by atoms with E-state index in [1.54, 1.807) is 6.92 Å². The smallest absolute Gasteiger partial charge is 0.321 e. The van der Waals surface area contributed by atoms with Crippen LogP contribution >= 0.6 is 0 Å². The molecule has 2 heterocycles. The summed E-state index contributed by atoms with van der Waals surface area (Å²) in [7, 11) is 0. The van der Waals surface area contributed by atoms with Gasteiger partial charge in [-0.25, -0.2) is 9.97 Å². The van der Waals surface area contributed by atoms with Gasteiger partial charge in [0, 0.05) is 6.07 Å².